The Morgan fingerprint density at radius 2 is 2.16 bits per heavy atom. The summed E-state index contributed by atoms with van der Waals surface area (Å²) in [5, 5.41) is 17.1. The van der Waals surface area contributed by atoms with Gasteiger partial charge in [-0.3, -0.25) is 4.79 Å². The van der Waals surface area contributed by atoms with E-state index in [0.29, 0.717) is 18.7 Å². The molecule has 10 heteroatoms. The van der Waals surface area contributed by atoms with Gasteiger partial charge >= 0.3 is 0 Å². The van der Waals surface area contributed by atoms with E-state index in [1.165, 1.54) is 0 Å². The molecular formula is C28H37N5O3S2. The lowest BCUT2D eigenvalue weighted by Gasteiger charge is -2.41. The molecule has 1 aliphatic heterocycles. The summed E-state index contributed by atoms with van der Waals surface area (Å²) in [5.41, 5.74) is 2.22. The van der Waals surface area contributed by atoms with E-state index >= 15 is 0 Å². The van der Waals surface area contributed by atoms with Gasteiger partial charge in [-0.25, -0.2) is 9.97 Å². The number of benzene rings is 1. The number of aryl methyl sites for hydroxylation is 1. The highest BCUT2D eigenvalue weighted by atomic mass is 32.2. The highest BCUT2D eigenvalue weighted by molar-refractivity contribution is 8.01. The SMILES string of the molecule is COC[C@]1(O)CCCC[C@H]1n1cnc(C(=O)N2CCNC[C@H]2CCSc2nc(C)cs2)c1-c1ccccc1. The number of hydrogen-bond acceptors (Lipinski definition) is 8. The molecule has 3 aromatic rings. The van der Waals surface area contributed by atoms with Gasteiger partial charge in [0.15, 0.2) is 5.69 Å². The molecule has 0 bridgehead atoms. The zero-order valence-electron chi connectivity index (χ0n) is 22.1. The van der Waals surface area contributed by atoms with Crippen LogP contribution in [0.1, 0.15) is 54.3 Å². The lowest BCUT2D eigenvalue weighted by Crippen LogP contribution is -2.54. The molecule has 38 heavy (non-hydrogen) atoms. The molecule has 5 rings (SSSR count). The highest BCUT2D eigenvalue weighted by Crippen LogP contribution is 2.41. The lowest BCUT2D eigenvalue weighted by molar-refractivity contribution is -0.0893. The summed E-state index contributed by atoms with van der Waals surface area (Å²) in [6, 6.07) is 9.84. The minimum absolute atomic E-state index is 0.0460. The van der Waals surface area contributed by atoms with Crippen LogP contribution in [0.25, 0.3) is 11.3 Å². The topological polar surface area (TPSA) is 92.5 Å². The molecular weight excluding hydrogens is 518 g/mol. The summed E-state index contributed by atoms with van der Waals surface area (Å²) in [5.74, 6) is 0.852. The molecule has 1 aromatic carbocycles. The number of aliphatic hydroxyl groups is 1. The summed E-state index contributed by atoms with van der Waals surface area (Å²) in [7, 11) is 1.63. The second-order valence-electron chi connectivity index (χ2n) is 10.3. The van der Waals surface area contributed by atoms with Gasteiger partial charge in [0.2, 0.25) is 0 Å². The van der Waals surface area contributed by atoms with Crippen molar-refractivity contribution >= 4 is 29.0 Å². The first-order valence-electron chi connectivity index (χ1n) is 13.4. The fourth-order valence-electron chi connectivity index (χ4n) is 5.76. The van der Waals surface area contributed by atoms with Crippen LogP contribution in [0.5, 0.6) is 0 Å². The fourth-order valence-corrected chi connectivity index (χ4v) is 7.72. The van der Waals surface area contributed by atoms with Gasteiger partial charge in [0.1, 0.15) is 9.94 Å². The van der Waals surface area contributed by atoms with Crippen LogP contribution in [0.3, 0.4) is 0 Å². The van der Waals surface area contributed by atoms with Gasteiger partial charge in [0.25, 0.3) is 5.91 Å². The number of piperazine rings is 1. The average Bonchev–Trinajstić information content (AvgIpc) is 3.55. The number of thiazole rings is 1. The first-order valence-corrected chi connectivity index (χ1v) is 15.3. The van der Waals surface area contributed by atoms with Crippen LogP contribution in [0.4, 0.5) is 0 Å². The predicted molar refractivity (Wildman–Crippen MR) is 152 cm³/mol. The van der Waals surface area contributed by atoms with Crippen LogP contribution in [-0.2, 0) is 4.74 Å². The molecule has 2 fully saturated rings. The summed E-state index contributed by atoms with van der Waals surface area (Å²) in [6.07, 6.45) is 6.08. The number of hydrogen-bond donors (Lipinski definition) is 2. The van der Waals surface area contributed by atoms with E-state index < -0.39 is 5.60 Å². The lowest BCUT2D eigenvalue weighted by atomic mass is 9.80. The van der Waals surface area contributed by atoms with E-state index in [9.17, 15) is 9.90 Å². The van der Waals surface area contributed by atoms with E-state index in [4.69, 9.17) is 9.72 Å². The quantitative estimate of drug-likeness (QED) is 0.378. The molecule has 2 N–H and O–H groups in total. The van der Waals surface area contributed by atoms with E-state index in [-0.39, 0.29) is 24.6 Å². The van der Waals surface area contributed by atoms with Crippen molar-refractivity contribution < 1.29 is 14.6 Å². The van der Waals surface area contributed by atoms with Crippen molar-refractivity contribution in [2.75, 3.05) is 39.1 Å². The van der Waals surface area contributed by atoms with E-state index in [1.54, 1.807) is 36.5 Å². The van der Waals surface area contributed by atoms with Gasteiger partial charge in [0.05, 0.1) is 24.7 Å². The molecule has 3 atom stereocenters. The molecule has 1 amide bonds. The third kappa shape index (κ3) is 5.84. The number of methoxy groups -OCH3 is 1. The predicted octanol–water partition coefficient (Wildman–Crippen LogP) is 4.40. The van der Waals surface area contributed by atoms with Crippen LogP contribution in [0, 0.1) is 6.92 Å². The number of rotatable bonds is 9. The minimum atomic E-state index is -0.999. The maximum atomic E-state index is 14.1. The van der Waals surface area contributed by atoms with Gasteiger partial charge in [-0.05, 0) is 26.2 Å². The van der Waals surface area contributed by atoms with Crippen molar-refractivity contribution in [3.63, 3.8) is 0 Å². The van der Waals surface area contributed by atoms with Gasteiger partial charge in [-0.2, -0.15) is 0 Å². The van der Waals surface area contributed by atoms with Crippen molar-refractivity contribution in [3.05, 3.63) is 53.4 Å². The number of nitrogens with zero attached hydrogens (tertiary/aromatic N) is 4. The molecule has 2 aromatic heterocycles. The van der Waals surface area contributed by atoms with Gasteiger partial charge < -0.3 is 24.6 Å². The summed E-state index contributed by atoms with van der Waals surface area (Å²) >= 11 is 3.43. The number of nitrogens with one attached hydrogen (secondary N) is 1. The molecule has 2 aliphatic rings. The van der Waals surface area contributed by atoms with Crippen molar-refractivity contribution in [2.24, 2.45) is 0 Å². The van der Waals surface area contributed by atoms with E-state index in [2.05, 4.69) is 15.7 Å². The minimum Gasteiger partial charge on any atom is -0.385 e. The number of ether oxygens (including phenoxy) is 1. The normalized spacial score (nSPS) is 24.0. The van der Waals surface area contributed by atoms with Crippen molar-refractivity contribution in [1.82, 2.24) is 24.8 Å². The van der Waals surface area contributed by atoms with E-state index in [1.807, 2.05) is 46.7 Å². The summed E-state index contributed by atoms with van der Waals surface area (Å²) in [6.45, 7) is 4.44. The molecule has 204 valence electrons. The van der Waals surface area contributed by atoms with Crippen molar-refractivity contribution in [1.29, 1.82) is 0 Å². The second-order valence-corrected chi connectivity index (χ2v) is 12.5. The average molecular weight is 556 g/mol. The summed E-state index contributed by atoms with van der Waals surface area (Å²) in [4.78, 5) is 25.4. The number of imidazole rings is 1. The molecule has 1 saturated carbocycles. The Kier molecular flexibility index (Phi) is 8.84. The van der Waals surface area contributed by atoms with Crippen LogP contribution in [0.2, 0.25) is 0 Å². The standard InChI is InChI=1S/C28H37N5O3S2/c1-20-17-38-27(31-20)37-15-11-22-16-29-13-14-32(22)26(34)24-25(21-8-4-3-5-9-21)33(19-30-24)23-10-6-7-12-28(23,35)18-36-2/h3-5,8-9,17,19,22-23,29,35H,6-7,10-16,18H2,1-2H3/t22-,23-,28-/m1/s1. The number of thioether (sulfide) groups is 1. The maximum absolute atomic E-state index is 14.1. The Morgan fingerprint density at radius 3 is 2.92 bits per heavy atom. The molecule has 3 heterocycles. The molecule has 8 nitrogen and oxygen atoms in total. The fraction of sp³-hybridized carbons (Fsp3) is 0.536. The second kappa shape index (κ2) is 12.3. The van der Waals surface area contributed by atoms with Gasteiger partial charge in [0, 0.05) is 55.2 Å². The zero-order valence-corrected chi connectivity index (χ0v) is 23.8. The maximum Gasteiger partial charge on any atom is 0.275 e. The molecule has 0 radical (unpaired) electrons. The molecule has 0 unspecified atom stereocenters. The molecule has 1 saturated heterocycles. The van der Waals surface area contributed by atoms with Crippen molar-refractivity contribution in [2.45, 2.75) is 61.1 Å². The van der Waals surface area contributed by atoms with E-state index in [0.717, 1.165) is 65.8 Å². The van der Waals surface area contributed by atoms with Crippen LogP contribution in [0.15, 0.2) is 46.4 Å². The van der Waals surface area contributed by atoms with Crippen LogP contribution in [-0.4, -0.2) is 81.2 Å². The van der Waals surface area contributed by atoms with Crippen LogP contribution < -0.4 is 5.32 Å². The number of carbonyl (C=O) groups is 1. The van der Waals surface area contributed by atoms with Gasteiger partial charge in [-0.15, -0.1) is 11.3 Å². The monoisotopic (exact) mass is 555 g/mol. The van der Waals surface area contributed by atoms with Crippen molar-refractivity contribution in [3.8, 4) is 11.3 Å². The number of carbonyl (C=O) groups excluding carboxylic acids is 1. The third-order valence-electron chi connectivity index (χ3n) is 7.62. The smallest absolute Gasteiger partial charge is 0.275 e. The summed E-state index contributed by atoms with van der Waals surface area (Å²) < 4.78 is 8.56. The Hall–Kier alpha value is -2.24. The Morgan fingerprint density at radius 1 is 1.32 bits per heavy atom. The first-order chi connectivity index (χ1) is 18.5. The largest absolute Gasteiger partial charge is 0.385 e. The van der Waals surface area contributed by atoms with Gasteiger partial charge in [-0.1, -0.05) is 54.9 Å². The first kappa shape index (κ1) is 27.3. The Balaban J connectivity index is 1.43. The zero-order chi connectivity index (χ0) is 26.5. The Bertz CT molecular complexity index is 1210. The molecule has 0 spiro atoms. The Labute approximate surface area is 232 Å². The number of aromatic nitrogens is 3. The number of amides is 1. The van der Waals surface area contributed by atoms with Crippen LogP contribution >= 0.6 is 23.1 Å². The third-order valence-corrected chi connectivity index (χ3v) is 9.79. The highest BCUT2D eigenvalue weighted by Gasteiger charge is 2.42. The molecule has 1 aliphatic carbocycles.